The molecule has 0 aromatic carbocycles. The molecule has 0 saturated carbocycles. The molecule has 12 heavy (non-hydrogen) atoms. The zero-order valence-corrected chi connectivity index (χ0v) is 7.76. The monoisotopic (exact) mass is 168 g/mol. The summed E-state index contributed by atoms with van der Waals surface area (Å²) in [4.78, 5) is 10.8. The van der Waals surface area contributed by atoms with Gasteiger partial charge in [0.1, 0.15) is 0 Å². The molecule has 1 aliphatic heterocycles. The predicted molar refractivity (Wildman–Crippen MR) is 47.3 cm³/mol. The molecular weight excluding hydrogens is 152 g/mol. The van der Waals surface area contributed by atoms with E-state index in [0.717, 1.165) is 19.4 Å². The molecule has 1 unspecified atom stereocenters. The summed E-state index contributed by atoms with van der Waals surface area (Å²) in [6.07, 6.45) is 2.18. The van der Waals surface area contributed by atoms with Crippen LogP contribution in [0.25, 0.3) is 0 Å². The molecule has 1 amide bonds. The summed E-state index contributed by atoms with van der Waals surface area (Å²) in [5.41, 5.74) is 0. The van der Waals surface area contributed by atoms with Gasteiger partial charge in [0.2, 0.25) is 5.91 Å². The summed E-state index contributed by atoms with van der Waals surface area (Å²) in [5.74, 6) is -0.0356. The Morgan fingerprint density at radius 3 is 2.83 bits per heavy atom. The Morgan fingerprint density at radius 1 is 1.58 bits per heavy atom. The maximum atomic E-state index is 10.8. The molecule has 1 rings (SSSR count). The molecule has 0 aromatic rings. The number of amides is 1. The minimum atomic E-state index is -0.0532. The first-order valence-corrected chi connectivity index (χ1v) is 4.49. The Balaban J connectivity index is 0.000000561. The molecular formula is C9H16N2O. The predicted octanol–water partition coefficient (Wildman–Crippen LogP) is 1.45. The summed E-state index contributed by atoms with van der Waals surface area (Å²) in [6.45, 7) is 4.73. The van der Waals surface area contributed by atoms with Crippen molar-refractivity contribution in [2.24, 2.45) is 5.92 Å². The Bertz CT molecular complexity index is 172. The molecule has 0 spiro atoms. The van der Waals surface area contributed by atoms with E-state index < -0.39 is 0 Å². The van der Waals surface area contributed by atoms with Crippen molar-refractivity contribution in [2.75, 3.05) is 6.54 Å². The number of nitrogens with one attached hydrogen (secondary N) is 1. The van der Waals surface area contributed by atoms with Crippen molar-refractivity contribution in [3.05, 3.63) is 0 Å². The topological polar surface area (TPSA) is 52.9 Å². The molecule has 1 aliphatic rings. The van der Waals surface area contributed by atoms with Crippen molar-refractivity contribution < 1.29 is 4.79 Å². The van der Waals surface area contributed by atoms with E-state index in [-0.39, 0.29) is 11.8 Å². The lowest BCUT2D eigenvalue weighted by molar-refractivity contribution is -0.121. The van der Waals surface area contributed by atoms with Crippen LogP contribution in [0.3, 0.4) is 0 Å². The van der Waals surface area contributed by atoms with Gasteiger partial charge in [-0.1, -0.05) is 13.8 Å². The second-order valence-electron chi connectivity index (χ2n) is 2.52. The van der Waals surface area contributed by atoms with Gasteiger partial charge in [0.25, 0.3) is 0 Å². The Hall–Kier alpha value is -1.04. The molecule has 0 radical (unpaired) electrons. The number of nitrogens with zero attached hydrogens (tertiary/aromatic N) is 1. The fraction of sp³-hybridized carbons (Fsp3) is 0.778. The van der Waals surface area contributed by atoms with Crippen LogP contribution >= 0.6 is 0 Å². The molecule has 0 aliphatic carbocycles. The van der Waals surface area contributed by atoms with Gasteiger partial charge in [-0.25, -0.2) is 0 Å². The first-order chi connectivity index (χ1) is 5.83. The average Bonchev–Trinajstić information content (AvgIpc) is 2.33. The van der Waals surface area contributed by atoms with Crippen molar-refractivity contribution in [3.63, 3.8) is 0 Å². The van der Waals surface area contributed by atoms with Crippen LogP contribution in [-0.2, 0) is 4.79 Å². The van der Waals surface area contributed by atoms with Crippen LogP contribution in [0.4, 0.5) is 0 Å². The number of nitriles is 1. The fourth-order valence-corrected chi connectivity index (χ4v) is 1.08. The van der Waals surface area contributed by atoms with E-state index in [1.54, 1.807) is 0 Å². The molecule has 1 saturated heterocycles. The highest BCUT2D eigenvalue weighted by atomic mass is 16.1. The summed E-state index contributed by atoms with van der Waals surface area (Å²) in [7, 11) is 0. The zero-order valence-electron chi connectivity index (χ0n) is 7.76. The van der Waals surface area contributed by atoms with Crippen molar-refractivity contribution >= 4 is 5.91 Å². The number of carbonyl (C=O) groups excluding carboxylic acids is 1. The SMILES string of the molecule is CC.N#CC1CCCNC(=O)C1. The lowest BCUT2D eigenvalue weighted by Gasteiger charge is -1.98. The molecule has 3 heteroatoms. The molecule has 1 fully saturated rings. The Morgan fingerprint density at radius 2 is 2.25 bits per heavy atom. The summed E-state index contributed by atoms with van der Waals surface area (Å²) in [5, 5.41) is 11.2. The summed E-state index contributed by atoms with van der Waals surface area (Å²) in [6, 6.07) is 2.11. The average molecular weight is 168 g/mol. The maximum absolute atomic E-state index is 10.8. The van der Waals surface area contributed by atoms with Gasteiger partial charge in [0, 0.05) is 13.0 Å². The van der Waals surface area contributed by atoms with Gasteiger partial charge < -0.3 is 5.32 Å². The first kappa shape index (κ1) is 11.0. The summed E-state index contributed by atoms with van der Waals surface area (Å²) >= 11 is 0. The fourth-order valence-electron chi connectivity index (χ4n) is 1.08. The van der Waals surface area contributed by atoms with E-state index >= 15 is 0 Å². The highest BCUT2D eigenvalue weighted by Gasteiger charge is 2.15. The number of hydrogen-bond acceptors (Lipinski definition) is 2. The molecule has 3 nitrogen and oxygen atoms in total. The third-order valence-electron chi connectivity index (χ3n) is 1.67. The van der Waals surface area contributed by atoms with Crippen LogP contribution < -0.4 is 5.32 Å². The molecule has 1 atom stereocenters. The molecule has 1 heterocycles. The second kappa shape index (κ2) is 6.66. The first-order valence-electron chi connectivity index (χ1n) is 4.49. The van der Waals surface area contributed by atoms with Crippen LogP contribution in [0.5, 0.6) is 0 Å². The molecule has 68 valence electrons. The van der Waals surface area contributed by atoms with Crippen molar-refractivity contribution in [1.82, 2.24) is 5.32 Å². The van der Waals surface area contributed by atoms with Gasteiger partial charge in [-0.05, 0) is 12.8 Å². The van der Waals surface area contributed by atoms with Gasteiger partial charge in [0.15, 0.2) is 0 Å². The van der Waals surface area contributed by atoms with Crippen LogP contribution in [0, 0.1) is 17.2 Å². The normalized spacial score (nSPS) is 22.4. The molecule has 0 aromatic heterocycles. The van der Waals surface area contributed by atoms with Gasteiger partial charge in [-0.2, -0.15) is 5.26 Å². The van der Waals surface area contributed by atoms with Crippen LogP contribution in [0.2, 0.25) is 0 Å². The van der Waals surface area contributed by atoms with Crippen molar-refractivity contribution in [2.45, 2.75) is 33.1 Å². The number of carbonyl (C=O) groups is 1. The van der Waals surface area contributed by atoms with E-state index in [4.69, 9.17) is 5.26 Å². The quantitative estimate of drug-likeness (QED) is 0.595. The highest BCUT2D eigenvalue weighted by molar-refractivity contribution is 5.76. The van der Waals surface area contributed by atoms with Crippen LogP contribution in [0.15, 0.2) is 0 Å². The van der Waals surface area contributed by atoms with Crippen LogP contribution in [-0.4, -0.2) is 12.5 Å². The van der Waals surface area contributed by atoms with Crippen LogP contribution in [0.1, 0.15) is 33.1 Å². The van der Waals surface area contributed by atoms with E-state index in [9.17, 15) is 4.79 Å². The standard InChI is InChI=1S/C7H10N2O.C2H6/c8-5-6-2-1-3-9-7(10)4-6;1-2/h6H,1-4H2,(H,9,10);1-2H3. The third-order valence-corrected chi connectivity index (χ3v) is 1.67. The largest absolute Gasteiger partial charge is 0.356 e. The smallest absolute Gasteiger partial charge is 0.221 e. The number of hydrogen-bond donors (Lipinski definition) is 1. The third kappa shape index (κ3) is 3.97. The summed E-state index contributed by atoms with van der Waals surface area (Å²) < 4.78 is 0. The van der Waals surface area contributed by atoms with E-state index in [2.05, 4.69) is 11.4 Å². The van der Waals surface area contributed by atoms with Gasteiger partial charge >= 0.3 is 0 Å². The highest BCUT2D eigenvalue weighted by Crippen LogP contribution is 2.11. The Labute approximate surface area is 73.8 Å². The van der Waals surface area contributed by atoms with Gasteiger partial charge in [0.05, 0.1) is 12.0 Å². The van der Waals surface area contributed by atoms with Crippen molar-refractivity contribution in [3.8, 4) is 6.07 Å². The maximum Gasteiger partial charge on any atom is 0.221 e. The molecule has 0 bridgehead atoms. The van der Waals surface area contributed by atoms with E-state index in [1.165, 1.54) is 0 Å². The Kier molecular flexibility index (Phi) is 6.08. The van der Waals surface area contributed by atoms with E-state index in [1.807, 2.05) is 13.8 Å². The number of rotatable bonds is 0. The second-order valence-corrected chi connectivity index (χ2v) is 2.52. The lowest BCUT2D eigenvalue weighted by Crippen LogP contribution is -2.22. The zero-order chi connectivity index (χ0) is 9.40. The van der Waals surface area contributed by atoms with Gasteiger partial charge in [-0.3, -0.25) is 4.79 Å². The lowest BCUT2D eigenvalue weighted by atomic mass is 10.0. The van der Waals surface area contributed by atoms with E-state index in [0.29, 0.717) is 6.42 Å². The van der Waals surface area contributed by atoms with Gasteiger partial charge in [-0.15, -0.1) is 0 Å². The van der Waals surface area contributed by atoms with Crippen molar-refractivity contribution in [1.29, 1.82) is 5.26 Å². The minimum Gasteiger partial charge on any atom is -0.356 e. The minimum absolute atomic E-state index is 0.0176. The molecule has 1 N–H and O–H groups in total.